The first-order chi connectivity index (χ1) is 12.1. The lowest BCUT2D eigenvalue weighted by atomic mass is 10.0. The second-order valence-electron chi connectivity index (χ2n) is 6.19. The zero-order valence-corrected chi connectivity index (χ0v) is 14.1. The third-order valence-electron chi connectivity index (χ3n) is 4.11. The van der Waals surface area contributed by atoms with Gasteiger partial charge in [-0.05, 0) is 29.7 Å². The van der Waals surface area contributed by atoms with Gasteiger partial charge in [0, 0.05) is 25.4 Å². The van der Waals surface area contributed by atoms with E-state index in [1.807, 2.05) is 49.6 Å². The molecule has 0 saturated heterocycles. The number of hydrogen-bond donors (Lipinski definition) is 2. The second-order valence-corrected chi connectivity index (χ2v) is 6.19. The van der Waals surface area contributed by atoms with Crippen LogP contribution in [-0.2, 0) is 13.5 Å². The van der Waals surface area contributed by atoms with Gasteiger partial charge in [0.1, 0.15) is 5.82 Å². The smallest absolute Gasteiger partial charge is 0.123 e. The van der Waals surface area contributed by atoms with E-state index < -0.39 is 6.10 Å². The van der Waals surface area contributed by atoms with E-state index in [-0.39, 0.29) is 11.9 Å². The van der Waals surface area contributed by atoms with Crippen molar-refractivity contribution in [1.82, 2.24) is 15.1 Å². The molecule has 2 N–H and O–H groups in total. The van der Waals surface area contributed by atoms with Gasteiger partial charge >= 0.3 is 0 Å². The molecule has 0 saturated carbocycles. The maximum absolute atomic E-state index is 13.6. The summed E-state index contributed by atoms with van der Waals surface area (Å²) in [7, 11) is 1.84. The number of hydrogen-bond acceptors (Lipinski definition) is 3. The Labute approximate surface area is 146 Å². The molecule has 0 aliphatic carbocycles. The molecule has 25 heavy (non-hydrogen) atoms. The predicted octanol–water partition coefficient (Wildman–Crippen LogP) is 2.84. The molecular formula is C20H22FN3O. The minimum Gasteiger partial charge on any atom is -0.391 e. The summed E-state index contributed by atoms with van der Waals surface area (Å²) in [6, 6.07) is 16.1. The molecule has 0 aliphatic rings. The van der Waals surface area contributed by atoms with Gasteiger partial charge in [-0.3, -0.25) is 4.68 Å². The Balaban J connectivity index is 1.72. The van der Waals surface area contributed by atoms with E-state index in [0.717, 1.165) is 16.7 Å². The molecule has 2 unspecified atom stereocenters. The van der Waals surface area contributed by atoms with Crippen molar-refractivity contribution in [2.45, 2.75) is 18.6 Å². The van der Waals surface area contributed by atoms with Gasteiger partial charge in [0.2, 0.25) is 0 Å². The molecule has 0 amide bonds. The molecule has 5 heteroatoms. The number of aryl methyl sites for hydroxylation is 1. The Morgan fingerprint density at radius 2 is 1.92 bits per heavy atom. The minimum absolute atomic E-state index is 0.227. The number of halogens is 1. The molecule has 2 aromatic carbocycles. The third kappa shape index (κ3) is 4.75. The van der Waals surface area contributed by atoms with Crippen LogP contribution in [0.5, 0.6) is 0 Å². The van der Waals surface area contributed by atoms with E-state index in [9.17, 15) is 9.50 Å². The molecule has 1 aromatic heterocycles. The molecule has 0 spiro atoms. The van der Waals surface area contributed by atoms with Gasteiger partial charge < -0.3 is 10.4 Å². The summed E-state index contributed by atoms with van der Waals surface area (Å²) in [5.74, 6) is -0.280. The van der Waals surface area contributed by atoms with Crippen LogP contribution in [0.15, 0.2) is 67.0 Å². The largest absolute Gasteiger partial charge is 0.391 e. The van der Waals surface area contributed by atoms with E-state index in [4.69, 9.17) is 0 Å². The highest BCUT2D eigenvalue weighted by Gasteiger charge is 2.17. The molecule has 130 valence electrons. The van der Waals surface area contributed by atoms with Crippen molar-refractivity contribution >= 4 is 0 Å². The van der Waals surface area contributed by atoms with Crippen LogP contribution < -0.4 is 5.32 Å². The van der Waals surface area contributed by atoms with Gasteiger partial charge in [0.25, 0.3) is 0 Å². The molecule has 0 radical (unpaired) electrons. The highest BCUT2D eigenvalue weighted by Crippen LogP contribution is 2.22. The Morgan fingerprint density at radius 3 is 2.60 bits per heavy atom. The van der Waals surface area contributed by atoms with Gasteiger partial charge in [0.15, 0.2) is 0 Å². The van der Waals surface area contributed by atoms with Gasteiger partial charge in [0.05, 0.1) is 18.3 Å². The minimum atomic E-state index is -0.532. The van der Waals surface area contributed by atoms with Crippen molar-refractivity contribution in [2.24, 2.45) is 7.05 Å². The summed E-state index contributed by atoms with van der Waals surface area (Å²) >= 11 is 0. The Bertz CT molecular complexity index is 803. The lowest BCUT2D eigenvalue weighted by Crippen LogP contribution is -2.32. The third-order valence-corrected chi connectivity index (χ3v) is 4.11. The number of aliphatic hydroxyl groups excluding tert-OH is 1. The van der Waals surface area contributed by atoms with E-state index in [2.05, 4.69) is 10.4 Å². The maximum atomic E-state index is 13.6. The number of aliphatic hydroxyl groups is 1. The zero-order chi connectivity index (χ0) is 17.6. The molecule has 2 atom stereocenters. The summed E-state index contributed by atoms with van der Waals surface area (Å²) in [4.78, 5) is 0. The number of nitrogens with one attached hydrogen (secondary N) is 1. The topological polar surface area (TPSA) is 50.1 Å². The summed E-state index contributed by atoms with van der Waals surface area (Å²) < 4.78 is 15.3. The SMILES string of the molecule is Cn1cc(C(NCC(O)Cc2ccccc2)c2cccc(F)c2)cn1. The fraction of sp³-hybridized carbons (Fsp3) is 0.250. The molecule has 3 aromatic rings. The number of nitrogens with zero attached hydrogens (tertiary/aromatic N) is 2. The van der Waals surface area contributed by atoms with Crippen LogP contribution in [0.25, 0.3) is 0 Å². The first-order valence-corrected chi connectivity index (χ1v) is 8.31. The van der Waals surface area contributed by atoms with Gasteiger partial charge in [-0.25, -0.2) is 4.39 Å². The van der Waals surface area contributed by atoms with Gasteiger partial charge in [-0.1, -0.05) is 42.5 Å². The highest BCUT2D eigenvalue weighted by atomic mass is 19.1. The number of aromatic nitrogens is 2. The average molecular weight is 339 g/mol. The maximum Gasteiger partial charge on any atom is 0.123 e. The highest BCUT2D eigenvalue weighted by molar-refractivity contribution is 5.29. The standard InChI is InChI=1S/C20H22FN3O/c1-24-14-17(12-23-24)20(16-8-5-9-18(21)11-16)22-13-19(25)10-15-6-3-2-4-7-15/h2-9,11-12,14,19-20,22,25H,10,13H2,1H3. The molecule has 3 rings (SSSR count). The lowest BCUT2D eigenvalue weighted by Gasteiger charge is -2.20. The van der Waals surface area contributed by atoms with E-state index in [1.165, 1.54) is 12.1 Å². The van der Waals surface area contributed by atoms with Crippen molar-refractivity contribution in [2.75, 3.05) is 6.54 Å². The summed E-state index contributed by atoms with van der Waals surface area (Å²) in [5, 5.41) is 17.9. The zero-order valence-electron chi connectivity index (χ0n) is 14.1. The van der Waals surface area contributed by atoms with Gasteiger partial charge in [-0.15, -0.1) is 0 Å². The Hall–Kier alpha value is -2.50. The van der Waals surface area contributed by atoms with E-state index in [1.54, 1.807) is 16.9 Å². The summed E-state index contributed by atoms with van der Waals surface area (Å²) in [6.07, 6.45) is 3.69. The normalized spacial score (nSPS) is 13.6. The van der Waals surface area contributed by atoms with Crippen LogP contribution in [0.2, 0.25) is 0 Å². The Kier molecular flexibility index (Phi) is 5.58. The van der Waals surface area contributed by atoms with Crippen molar-refractivity contribution in [3.05, 3.63) is 89.5 Å². The first-order valence-electron chi connectivity index (χ1n) is 8.31. The van der Waals surface area contributed by atoms with Crippen molar-refractivity contribution in [3.63, 3.8) is 0 Å². The second kappa shape index (κ2) is 8.05. The van der Waals surface area contributed by atoms with Crippen LogP contribution in [-0.4, -0.2) is 27.5 Å². The van der Waals surface area contributed by atoms with Crippen molar-refractivity contribution < 1.29 is 9.50 Å². The summed E-state index contributed by atoms with van der Waals surface area (Å²) in [5.41, 5.74) is 2.82. The van der Waals surface area contributed by atoms with Crippen LogP contribution >= 0.6 is 0 Å². The first kappa shape index (κ1) is 17.3. The molecule has 0 fully saturated rings. The van der Waals surface area contributed by atoms with E-state index >= 15 is 0 Å². The van der Waals surface area contributed by atoms with Gasteiger partial charge in [-0.2, -0.15) is 5.10 Å². The molecule has 0 bridgehead atoms. The van der Waals surface area contributed by atoms with E-state index in [0.29, 0.717) is 13.0 Å². The van der Waals surface area contributed by atoms with Crippen molar-refractivity contribution in [3.8, 4) is 0 Å². The van der Waals surface area contributed by atoms with Crippen LogP contribution in [0.3, 0.4) is 0 Å². The molecular weight excluding hydrogens is 317 g/mol. The fourth-order valence-electron chi connectivity index (χ4n) is 2.92. The molecule has 1 heterocycles. The summed E-state index contributed by atoms with van der Waals surface area (Å²) in [6.45, 7) is 0.394. The van der Waals surface area contributed by atoms with Crippen molar-refractivity contribution in [1.29, 1.82) is 0 Å². The number of benzene rings is 2. The number of rotatable bonds is 7. The molecule has 0 aliphatic heterocycles. The Morgan fingerprint density at radius 1 is 1.12 bits per heavy atom. The lowest BCUT2D eigenvalue weighted by molar-refractivity contribution is 0.169. The van der Waals surface area contributed by atoms with Crippen LogP contribution in [0, 0.1) is 5.82 Å². The monoisotopic (exact) mass is 339 g/mol. The van der Waals surface area contributed by atoms with Crippen LogP contribution in [0.1, 0.15) is 22.7 Å². The fourth-order valence-corrected chi connectivity index (χ4v) is 2.92. The molecule has 4 nitrogen and oxygen atoms in total. The average Bonchev–Trinajstić information content (AvgIpc) is 3.02. The van der Waals surface area contributed by atoms with Crippen LogP contribution in [0.4, 0.5) is 4.39 Å². The predicted molar refractivity (Wildman–Crippen MR) is 95.6 cm³/mol. The quantitative estimate of drug-likeness (QED) is 0.696.